The van der Waals surface area contributed by atoms with Gasteiger partial charge in [-0.2, -0.15) is 0 Å². The highest BCUT2D eigenvalue weighted by molar-refractivity contribution is 7.80. The van der Waals surface area contributed by atoms with Crippen LogP contribution in [0.1, 0.15) is 18.9 Å². The molecule has 6 heteroatoms. The molecular formula is C14H16N2O3S. The third-order valence-electron chi connectivity index (χ3n) is 2.92. The molecule has 1 fully saturated rings. The van der Waals surface area contributed by atoms with E-state index in [0.29, 0.717) is 28.7 Å². The van der Waals surface area contributed by atoms with E-state index in [-0.39, 0.29) is 11.7 Å². The van der Waals surface area contributed by atoms with Gasteiger partial charge >= 0.3 is 0 Å². The second-order valence-corrected chi connectivity index (χ2v) is 4.76. The van der Waals surface area contributed by atoms with Crippen molar-refractivity contribution in [3.63, 3.8) is 0 Å². The molecule has 2 rings (SSSR count). The van der Waals surface area contributed by atoms with E-state index in [4.69, 9.17) is 17.0 Å². The minimum atomic E-state index is -0.146. The van der Waals surface area contributed by atoms with E-state index in [9.17, 15) is 9.90 Å². The Hall–Kier alpha value is -2.08. The summed E-state index contributed by atoms with van der Waals surface area (Å²) in [5.74, 6) is 0.272. The summed E-state index contributed by atoms with van der Waals surface area (Å²) in [5.41, 5.74) is 1.10. The summed E-state index contributed by atoms with van der Waals surface area (Å²) in [4.78, 5) is 13.7. The molecular weight excluding hydrogens is 276 g/mol. The number of hydrogen-bond donors (Lipinski definition) is 2. The highest BCUT2D eigenvalue weighted by atomic mass is 32.1. The third kappa shape index (κ3) is 2.75. The average molecular weight is 292 g/mol. The largest absolute Gasteiger partial charge is 0.504 e. The van der Waals surface area contributed by atoms with Gasteiger partial charge in [0.15, 0.2) is 16.6 Å². The van der Waals surface area contributed by atoms with Crippen LogP contribution in [-0.4, -0.2) is 34.7 Å². The number of nitrogens with zero attached hydrogens (tertiary/aromatic N) is 1. The Morgan fingerprint density at radius 3 is 2.85 bits per heavy atom. The number of benzene rings is 1. The smallest absolute Gasteiger partial charge is 0.276 e. The number of rotatable bonds is 4. The number of phenolic OH excluding ortho intramolecular Hbond substituents is 1. The lowest BCUT2D eigenvalue weighted by Crippen LogP contribution is -2.31. The first kappa shape index (κ1) is 14.3. The van der Waals surface area contributed by atoms with Gasteiger partial charge in [-0.3, -0.25) is 9.69 Å². The van der Waals surface area contributed by atoms with E-state index in [0.717, 1.165) is 6.42 Å². The van der Waals surface area contributed by atoms with Crippen LogP contribution in [0.3, 0.4) is 0 Å². The first-order valence-electron chi connectivity index (χ1n) is 6.28. The summed E-state index contributed by atoms with van der Waals surface area (Å²) in [7, 11) is 1.48. The fourth-order valence-electron chi connectivity index (χ4n) is 1.96. The number of phenols is 1. The standard InChI is InChI=1S/C14H16N2O3S/c1-3-6-16-13(18)10(15-14(16)20)7-9-4-5-12(19-2)11(17)8-9/h4-5,7-8,17H,3,6H2,1-2H3,(H,15,20)/b10-7-. The van der Waals surface area contributed by atoms with Gasteiger partial charge < -0.3 is 15.2 Å². The Labute approximate surface area is 122 Å². The van der Waals surface area contributed by atoms with Crippen molar-refractivity contribution in [1.82, 2.24) is 10.2 Å². The van der Waals surface area contributed by atoms with Gasteiger partial charge in [0.2, 0.25) is 0 Å². The van der Waals surface area contributed by atoms with Crippen LogP contribution >= 0.6 is 12.2 Å². The van der Waals surface area contributed by atoms with Gasteiger partial charge in [0.25, 0.3) is 5.91 Å². The molecule has 0 atom stereocenters. The van der Waals surface area contributed by atoms with Crippen molar-refractivity contribution in [3.05, 3.63) is 29.5 Å². The molecule has 2 N–H and O–H groups in total. The molecule has 0 unspecified atom stereocenters. The molecule has 0 bridgehead atoms. The van der Waals surface area contributed by atoms with Gasteiger partial charge in [-0.05, 0) is 42.4 Å². The van der Waals surface area contributed by atoms with E-state index >= 15 is 0 Å². The molecule has 1 aliphatic heterocycles. The lowest BCUT2D eigenvalue weighted by molar-refractivity contribution is -0.122. The molecule has 0 saturated carbocycles. The summed E-state index contributed by atoms with van der Waals surface area (Å²) >= 11 is 5.13. The lowest BCUT2D eigenvalue weighted by atomic mass is 10.1. The molecule has 1 heterocycles. The molecule has 5 nitrogen and oxygen atoms in total. The molecule has 0 spiro atoms. The van der Waals surface area contributed by atoms with Crippen molar-refractivity contribution in [2.24, 2.45) is 0 Å². The Balaban J connectivity index is 2.26. The molecule has 0 aliphatic carbocycles. The van der Waals surface area contributed by atoms with Crippen LogP contribution in [0.4, 0.5) is 0 Å². The molecule has 1 aromatic carbocycles. The zero-order valence-electron chi connectivity index (χ0n) is 11.3. The van der Waals surface area contributed by atoms with Crippen molar-refractivity contribution >= 4 is 29.3 Å². The van der Waals surface area contributed by atoms with Crippen molar-refractivity contribution < 1.29 is 14.6 Å². The van der Waals surface area contributed by atoms with Gasteiger partial charge in [-0.15, -0.1) is 0 Å². The van der Waals surface area contributed by atoms with E-state index < -0.39 is 0 Å². The highest BCUT2D eigenvalue weighted by Crippen LogP contribution is 2.27. The number of carbonyl (C=O) groups is 1. The quantitative estimate of drug-likeness (QED) is 0.655. The van der Waals surface area contributed by atoms with Crippen LogP contribution in [0.15, 0.2) is 23.9 Å². The molecule has 1 amide bonds. The van der Waals surface area contributed by atoms with Crippen LogP contribution in [0.25, 0.3) is 6.08 Å². The number of methoxy groups -OCH3 is 1. The van der Waals surface area contributed by atoms with Crippen molar-refractivity contribution in [2.45, 2.75) is 13.3 Å². The van der Waals surface area contributed by atoms with Gasteiger partial charge in [-0.1, -0.05) is 13.0 Å². The number of aromatic hydroxyl groups is 1. The monoisotopic (exact) mass is 292 g/mol. The first-order valence-corrected chi connectivity index (χ1v) is 6.69. The maximum atomic E-state index is 12.1. The number of nitrogens with one attached hydrogen (secondary N) is 1. The molecule has 1 saturated heterocycles. The predicted octanol–water partition coefficient (Wildman–Crippen LogP) is 1.87. The van der Waals surface area contributed by atoms with Crippen LogP contribution in [-0.2, 0) is 4.79 Å². The van der Waals surface area contributed by atoms with E-state index in [1.165, 1.54) is 18.1 Å². The molecule has 106 valence electrons. The SMILES string of the molecule is CCCN1C(=O)/C(=C/c2ccc(OC)c(O)c2)NC1=S. The average Bonchev–Trinajstić information content (AvgIpc) is 2.67. The fourth-order valence-corrected chi connectivity index (χ4v) is 2.25. The van der Waals surface area contributed by atoms with Crippen molar-refractivity contribution in [1.29, 1.82) is 0 Å². The lowest BCUT2D eigenvalue weighted by Gasteiger charge is -2.11. The minimum Gasteiger partial charge on any atom is -0.504 e. The predicted molar refractivity (Wildman–Crippen MR) is 80.4 cm³/mol. The number of thiocarbonyl (C=S) groups is 1. The summed E-state index contributed by atoms with van der Waals surface area (Å²) < 4.78 is 4.97. The zero-order chi connectivity index (χ0) is 14.7. The van der Waals surface area contributed by atoms with Gasteiger partial charge in [-0.25, -0.2) is 0 Å². The second-order valence-electron chi connectivity index (χ2n) is 4.38. The van der Waals surface area contributed by atoms with E-state index in [2.05, 4.69) is 5.32 Å². The summed E-state index contributed by atoms with van der Waals surface area (Å²) in [5, 5.41) is 13.0. The molecule has 20 heavy (non-hydrogen) atoms. The molecule has 0 aromatic heterocycles. The topological polar surface area (TPSA) is 61.8 Å². The normalized spacial score (nSPS) is 16.7. The second kappa shape index (κ2) is 5.92. The van der Waals surface area contributed by atoms with Crippen LogP contribution in [0.5, 0.6) is 11.5 Å². The summed E-state index contributed by atoms with van der Waals surface area (Å²) in [6.07, 6.45) is 2.49. The Bertz CT molecular complexity index is 584. The first-order chi connectivity index (χ1) is 9.56. The third-order valence-corrected chi connectivity index (χ3v) is 3.25. The van der Waals surface area contributed by atoms with Crippen LogP contribution in [0.2, 0.25) is 0 Å². The van der Waals surface area contributed by atoms with Crippen molar-refractivity contribution in [2.75, 3.05) is 13.7 Å². The van der Waals surface area contributed by atoms with E-state index in [1.807, 2.05) is 6.92 Å². The van der Waals surface area contributed by atoms with Crippen LogP contribution < -0.4 is 10.1 Å². The molecule has 0 radical (unpaired) electrons. The number of carbonyl (C=O) groups excluding carboxylic acids is 1. The van der Waals surface area contributed by atoms with Gasteiger partial charge in [0, 0.05) is 6.54 Å². The van der Waals surface area contributed by atoms with Gasteiger partial charge in [0.05, 0.1) is 7.11 Å². The van der Waals surface area contributed by atoms with Crippen LogP contribution in [0, 0.1) is 0 Å². The maximum Gasteiger partial charge on any atom is 0.276 e. The highest BCUT2D eigenvalue weighted by Gasteiger charge is 2.29. The van der Waals surface area contributed by atoms with Crippen molar-refractivity contribution in [3.8, 4) is 11.5 Å². The Kier molecular flexibility index (Phi) is 4.24. The number of amides is 1. The molecule has 1 aliphatic rings. The number of hydrogen-bond acceptors (Lipinski definition) is 4. The Morgan fingerprint density at radius 1 is 1.50 bits per heavy atom. The maximum absolute atomic E-state index is 12.1. The van der Waals surface area contributed by atoms with E-state index in [1.54, 1.807) is 18.2 Å². The molecule has 1 aromatic rings. The minimum absolute atomic E-state index is 0.0280. The summed E-state index contributed by atoms with van der Waals surface area (Å²) in [6.45, 7) is 2.58. The summed E-state index contributed by atoms with van der Waals surface area (Å²) in [6, 6.07) is 4.93. The van der Waals surface area contributed by atoms with Gasteiger partial charge in [0.1, 0.15) is 5.70 Å². The zero-order valence-corrected chi connectivity index (χ0v) is 12.2. The Morgan fingerprint density at radius 2 is 2.25 bits per heavy atom. The fraction of sp³-hybridized carbons (Fsp3) is 0.286. The number of ether oxygens (including phenoxy) is 1.